The van der Waals surface area contributed by atoms with E-state index in [1.54, 1.807) is 0 Å². The second-order valence-corrected chi connectivity index (χ2v) is 20.2. The van der Waals surface area contributed by atoms with Crippen LogP contribution in [0.1, 0.15) is 311 Å². The van der Waals surface area contributed by atoms with Gasteiger partial charge >= 0.3 is 17.9 Å². The molecule has 0 aromatic rings. The van der Waals surface area contributed by atoms with Crippen LogP contribution >= 0.6 is 0 Å². The van der Waals surface area contributed by atoms with Gasteiger partial charge in [0.05, 0.1) is 0 Å². The van der Waals surface area contributed by atoms with Crippen molar-refractivity contribution < 1.29 is 28.6 Å². The summed E-state index contributed by atoms with van der Waals surface area (Å²) < 4.78 is 16.8. The molecule has 0 fully saturated rings. The van der Waals surface area contributed by atoms with E-state index in [2.05, 4.69) is 34.6 Å². The summed E-state index contributed by atoms with van der Waals surface area (Å²) in [5.74, 6) is 0.830. The van der Waals surface area contributed by atoms with E-state index >= 15 is 0 Å². The van der Waals surface area contributed by atoms with Crippen molar-refractivity contribution in [2.45, 2.75) is 317 Å². The van der Waals surface area contributed by atoms with Crippen LogP contribution < -0.4 is 0 Å². The maximum Gasteiger partial charge on any atom is 0.306 e. The summed E-state index contributed by atoms with van der Waals surface area (Å²) in [6.45, 7) is 11.4. The van der Waals surface area contributed by atoms with Crippen molar-refractivity contribution >= 4 is 17.9 Å². The predicted molar refractivity (Wildman–Crippen MR) is 266 cm³/mol. The Labute approximate surface area is 387 Å². The Morgan fingerprint density at radius 2 is 0.532 bits per heavy atom. The summed E-state index contributed by atoms with van der Waals surface area (Å²) in [5.41, 5.74) is 0. The number of carbonyl (C=O) groups excluding carboxylic acids is 3. The highest BCUT2D eigenvalue weighted by Gasteiger charge is 2.19. The zero-order chi connectivity index (χ0) is 45.4. The van der Waals surface area contributed by atoms with Gasteiger partial charge in [0.1, 0.15) is 13.2 Å². The molecule has 0 aliphatic carbocycles. The highest BCUT2D eigenvalue weighted by molar-refractivity contribution is 5.71. The van der Waals surface area contributed by atoms with Crippen molar-refractivity contribution in [3.63, 3.8) is 0 Å². The molecule has 0 bridgehead atoms. The molecule has 0 aromatic carbocycles. The summed E-state index contributed by atoms with van der Waals surface area (Å²) >= 11 is 0. The third-order valence-electron chi connectivity index (χ3n) is 12.7. The average molecular weight is 877 g/mol. The van der Waals surface area contributed by atoms with Crippen LogP contribution in [0.4, 0.5) is 0 Å². The molecule has 0 amide bonds. The molecule has 0 rings (SSSR count). The SMILES string of the molecule is CCCCCCCCCCCCC(=O)OC[C@@H](COC(=O)CCCCCCCCCCCCCCCCCCCCC(C)C)OC(=O)CCCCCCCCCCCCC(C)C. The smallest absolute Gasteiger partial charge is 0.306 e. The van der Waals surface area contributed by atoms with E-state index < -0.39 is 6.10 Å². The fourth-order valence-electron chi connectivity index (χ4n) is 8.52. The van der Waals surface area contributed by atoms with Crippen LogP contribution in [-0.2, 0) is 28.6 Å². The van der Waals surface area contributed by atoms with Crippen LogP contribution in [0.3, 0.4) is 0 Å². The Morgan fingerprint density at radius 1 is 0.306 bits per heavy atom. The van der Waals surface area contributed by atoms with Gasteiger partial charge in [-0.2, -0.15) is 0 Å². The van der Waals surface area contributed by atoms with Crippen molar-refractivity contribution in [1.82, 2.24) is 0 Å². The minimum atomic E-state index is -0.761. The number of carbonyl (C=O) groups is 3. The molecule has 0 spiro atoms. The highest BCUT2D eigenvalue weighted by Crippen LogP contribution is 2.18. The van der Waals surface area contributed by atoms with Crippen molar-refractivity contribution in [2.75, 3.05) is 13.2 Å². The Bertz CT molecular complexity index is 947. The zero-order valence-corrected chi connectivity index (χ0v) is 42.5. The quantitative estimate of drug-likeness (QED) is 0.0344. The summed E-state index contributed by atoms with van der Waals surface area (Å²) in [7, 11) is 0. The third-order valence-corrected chi connectivity index (χ3v) is 12.7. The van der Waals surface area contributed by atoms with E-state index in [0.717, 1.165) is 69.6 Å². The lowest BCUT2D eigenvalue weighted by molar-refractivity contribution is -0.167. The normalized spacial score (nSPS) is 12.0. The minimum absolute atomic E-state index is 0.0632. The number of unbranched alkanes of at least 4 members (excludes halogenated alkanes) is 35. The van der Waals surface area contributed by atoms with Crippen LogP contribution in [0.15, 0.2) is 0 Å². The van der Waals surface area contributed by atoms with Crippen molar-refractivity contribution in [2.24, 2.45) is 11.8 Å². The maximum absolute atomic E-state index is 12.8. The van der Waals surface area contributed by atoms with Gasteiger partial charge in [-0.3, -0.25) is 14.4 Å². The number of rotatable bonds is 50. The summed E-state index contributed by atoms with van der Waals surface area (Å²) in [4.78, 5) is 38.0. The molecule has 0 unspecified atom stereocenters. The van der Waals surface area contributed by atoms with Gasteiger partial charge in [-0.25, -0.2) is 0 Å². The fourth-order valence-corrected chi connectivity index (χ4v) is 8.52. The Hall–Kier alpha value is -1.59. The molecule has 0 N–H and O–H groups in total. The van der Waals surface area contributed by atoms with E-state index in [1.807, 2.05) is 0 Å². The Kier molecular flexibility index (Phi) is 47.6. The largest absolute Gasteiger partial charge is 0.462 e. The van der Waals surface area contributed by atoms with Gasteiger partial charge in [0.2, 0.25) is 0 Å². The maximum atomic E-state index is 12.8. The molecule has 6 heteroatoms. The van der Waals surface area contributed by atoms with Crippen LogP contribution in [0.2, 0.25) is 0 Å². The number of esters is 3. The summed E-state index contributed by atoms with van der Waals surface area (Å²) in [6, 6.07) is 0. The first kappa shape index (κ1) is 60.4. The van der Waals surface area contributed by atoms with E-state index in [1.165, 1.54) is 199 Å². The lowest BCUT2D eigenvalue weighted by Gasteiger charge is -2.18. The van der Waals surface area contributed by atoms with Gasteiger partial charge in [0.25, 0.3) is 0 Å². The first-order valence-corrected chi connectivity index (χ1v) is 27.7. The van der Waals surface area contributed by atoms with Crippen LogP contribution in [0.5, 0.6) is 0 Å². The molecule has 0 aromatic heterocycles. The lowest BCUT2D eigenvalue weighted by Crippen LogP contribution is -2.30. The Balaban J connectivity index is 4.20. The van der Waals surface area contributed by atoms with E-state index in [9.17, 15) is 14.4 Å². The summed E-state index contributed by atoms with van der Waals surface area (Å²) in [6.07, 6.45) is 51.0. The second-order valence-electron chi connectivity index (χ2n) is 20.2. The molecule has 0 heterocycles. The molecule has 0 aliphatic rings. The van der Waals surface area contributed by atoms with Gasteiger partial charge in [-0.1, -0.05) is 272 Å². The van der Waals surface area contributed by atoms with Crippen molar-refractivity contribution in [1.29, 1.82) is 0 Å². The molecule has 0 radical (unpaired) electrons. The van der Waals surface area contributed by atoms with Crippen molar-refractivity contribution in [3.8, 4) is 0 Å². The molecule has 368 valence electrons. The van der Waals surface area contributed by atoms with E-state index in [-0.39, 0.29) is 31.1 Å². The van der Waals surface area contributed by atoms with Crippen molar-refractivity contribution in [3.05, 3.63) is 0 Å². The molecule has 0 saturated carbocycles. The minimum Gasteiger partial charge on any atom is -0.462 e. The van der Waals surface area contributed by atoms with Crippen LogP contribution in [-0.4, -0.2) is 37.2 Å². The molecule has 6 nitrogen and oxygen atoms in total. The molecular weight excluding hydrogens is 769 g/mol. The molecule has 62 heavy (non-hydrogen) atoms. The van der Waals surface area contributed by atoms with Gasteiger partial charge in [0, 0.05) is 19.3 Å². The third kappa shape index (κ3) is 49.4. The summed E-state index contributed by atoms with van der Waals surface area (Å²) in [5, 5.41) is 0. The number of hydrogen-bond acceptors (Lipinski definition) is 6. The molecule has 0 saturated heterocycles. The first-order valence-electron chi connectivity index (χ1n) is 27.7. The molecule has 1 atom stereocenters. The van der Waals surface area contributed by atoms with E-state index in [0.29, 0.717) is 19.3 Å². The van der Waals surface area contributed by atoms with Crippen LogP contribution in [0, 0.1) is 11.8 Å². The standard InChI is InChI=1S/C56H108O6/c1-6-7-8-9-10-11-26-31-36-41-46-54(57)60-49-53(62-56(59)48-43-38-33-28-23-22-25-30-35-40-45-52(4)5)50-61-55(58)47-42-37-32-27-21-19-17-15-13-12-14-16-18-20-24-29-34-39-44-51(2)3/h51-53H,6-50H2,1-5H3/t53-/m0/s1. The van der Waals surface area contributed by atoms with Crippen LogP contribution in [0.25, 0.3) is 0 Å². The fraction of sp³-hybridized carbons (Fsp3) is 0.946. The average Bonchev–Trinajstić information content (AvgIpc) is 3.24. The molecule has 0 aliphatic heterocycles. The lowest BCUT2D eigenvalue weighted by atomic mass is 10.0. The van der Waals surface area contributed by atoms with Gasteiger partial charge in [-0.15, -0.1) is 0 Å². The number of hydrogen-bond donors (Lipinski definition) is 0. The molecular formula is C56H108O6. The highest BCUT2D eigenvalue weighted by atomic mass is 16.6. The zero-order valence-electron chi connectivity index (χ0n) is 42.5. The predicted octanol–water partition coefficient (Wildman–Crippen LogP) is 18.1. The monoisotopic (exact) mass is 877 g/mol. The Morgan fingerprint density at radius 3 is 0.790 bits per heavy atom. The second kappa shape index (κ2) is 48.9. The van der Waals surface area contributed by atoms with Gasteiger partial charge in [0.15, 0.2) is 6.10 Å². The van der Waals surface area contributed by atoms with Gasteiger partial charge < -0.3 is 14.2 Å². The topological polar surface area (TPSA) is 78.9 Å². The van der Waals surface area contributed by atoms with E-state index in [4.69, 9.17) is 14.2 Å². The van der Waals surface area contributed by atoms with Gasteiger partial charge in [-0.05, 0) is 31.1 Å². The number of ether oxygens (including phenoxy) is 3. The first-order chi connectivity index (χ1) is 30.2.